The lowest BCUT2D eigenvalue weighted by molar-refractivity contribution is 0.0650. The van der Waals surface area contributed by atoms with E-state index in [9.17, 15) is 13.2 Å². The Labute approximate surface area is 128 Å². The summed E-state index contributed by atoms with van der Waals surface area (Å²) in [5.74, 6) is 0.377. The summed E-state index contributed by atoms with van der Waals surface area (Å²) in [6, 6.07) is 9.19. The van der Waals surface area contributed by atoms with Gasteiger partial charge in [0.25, 0.3) is 5.91 Å². The van der Waals surface area contributed by atoms with Crippen molar-refractivity contribution in [3.8, 4) is 0 Å². The number of rotatable bonds is 3. The summed E-state index contributed by atoms with van der Waals surface area (Å²) in [5, 5.41) is 0.889. The molecule has 1 amide bonds. The van der Waals surface area contributed by atoms with Crippen LogP contribution in [0.15, 0.2) is 34.7 Å². The Kier molecular flexibility index (Phi) is 3.04. The first kappa shape index (κ1) is 13.8. The molecule has 1 saturated heterocycles. The van der Waals surface area contributed by atoms with Gasteiger partial charge in [-0.25, -0.2) is 8.42 Å². The van der Waals surface area contributed by atoms with Crippen LogP contribution >= 0.6 is 0 Å². The molecule has 22 heavy (non-hydrogen) atoms. The number of sulfone groups is 1. The first-order valence-electron chi connectivity index (χ1n) is 7.55. The van der Waals surface area contributed by atoms with E-state index < -0.39 is 9.84 Å². The van der Waals surface area contributed by atoms with Crippen LogP contribution in [0.2, 0.25) is 0 Å². The number of nitrogens with zero attached hydrogens (tertiary/aromatic N) is 1. The van der Waals surface area contributed by atoms with Crippen LogP contribution in [0.3, 0.4) is 0 Å². The second-order valence-electron chi connectivity index (χ2n) is 6.15. The number of amides is 1. The number of para-hydroxylation sites is 1. The maximum atomic E-state index is 12.8. The molecule has 1 aliphatic heterocycles. The zero-order valence-corrected chi connectivity index (χ0v) is 12.9. The van der Waals surface area contributed by atoms with Crippen molar-refractivity contribution in [1.82, 2.24) is 4.90 Å². The van der Waals surface area contributed by atoms with Gasteiger partial charge >= 0.3 is 0 Å². The van der Waals surface area contributed by atoms with E-state index in [1.807, 2.05) is 24.3 Å². The zero-order valence-electron chi connectivity index (χ0n) is 12.1. The lowest BCUT2D eigenvalue weighted by atomic mass is 10.2. The maximum Gasteiger partial charge on any atom is 0.290 e. The molecule has 1 aromatic carbocycles. The van der Waals surface area contributed by atoms with E-state index in [2.05, 4.69) is 0 Å². The van der Waals surface area contributed by atoms with Crippen LogP contribution < -0.4 is 0 Å². The highest BCUT2D eigenvalue weighted by molar-refractivity contribution is 7.91. The molecule has 1 atom stereocenters. The lowest BCUT2D eigenvalue weighted by Gasteiger charge is -2.27. The van der Waals surface area contributed by atoms with Crippen molar-refractivity contribution < 1.29 is 17.6 Å². The van der Waals surface area contributed by atoms with Gasteiger partial charge < -0.3 is 9.32 Å². The normalized spacial score (nSPS) is 23.7. The molecule has 0 radical (unpaired) electrons. The number of hydrogen-bond acceptors (Lipinski definition) is 4. The van der Waals surface area contributed by atoms with E-state index in [1.54, 1.807) is 11.0 Å². The predicted octanol–water partition coefficient (Wildman–Crippen LogP) is 2.22. The first-order valence-corrected chi connectivity index (χ1v) is 9.37. The summed E-state index contributed by atoms with van der Waals surface area (Å²) in [5.41, 5.74) is 0.681. The number of fused-ring (bicyclic) bond motifs is 1. The molecule has 2 aromatic rings. The Morgan fingerprint density at radius 1 is 1.14 bits per heavy atom. The predicted molar refractivity (Wildman–Crippen MR) is 82.5 cm³/mol. The van der Waals surface area contributed by atoms with Gasteiger partial charge in [0.15, 0.2) is 15.6 Å². The molecule has 6 heteroatoms. The van der Waals surface area contributed by atoms with Gasteiger partial charge in [-0.05, 0) is 31.4 Å². The molecule has 2 heterocycles. The fourth-order valence-corrected chi connectivity index (χ4v) is 4.90. The molecular weight excluding hydrogens is 302 g/mol. The highest BCUT2D eigenvalue weighted by atomic mass is 32.2. The van der Waals surface area contributed by atoms with E-state index in [1.165, 1.54) is 0 Å². The topological polar surface area (TPSA) is 67.6 Å². The SMILES string of the molecule is O=C(c1cc2ccccc2o1)N(C1CC1)C1CCS(=O)(=O)C1. The Balaban J connectivity index is 1.66. The number of benzene rings is 1. The Morgan fingerprint density at radius 2 is 1.91 bits per heavy atom. The number of carbonyl (C=O) groups excluding carboxylic acids is 1. The quantitative estimate of drug-likeness (QED) is 0.870. The number of hydrogen-bond donors (Lipinski definition) is 0. The van der Waals surface area contributed by atoms with Crippen molar-refractivity contribution in [2.75, 3.05) is 11.5 Å². The van der Waals surface area contributed by atoms with Crippen molar-refractivity contribution in [3.05, 3.63) is 36.1 Å². The molecular formula is C16H17NO4S. The third-order valence-corrected chi connectivity index (χ3v) is 6.16. The third kappa shape index (κ3) is 2.41. The highest BCUT2D eigenvalue weighted by Gasteiger charge is 2.43. The third-order valence-electron chi connectivity index (χ3n) is 4.41. The molecule has 2 fully saturated rings. The van der Waals surface area contributed by atoms with Gasteiger partial charge in [-0.1, -0.05) is 18.2 Å². The van der Waals surface area contributed by atoms with Gasteiger partial charge in [0.2, 0.25) is 0 Å². The zero-order chi connectivity index (χ0) is 15.3. The van der Waals surface area contributed by atoms with Gasteiger partial charge in [-0.2, -0.15) is 0 Å². The van der Waals surface area contributed by atoms with Crippen molar-refractivity contribution in [3.63, 3.8) is 0 Å². The molecule has 1 unspecified atom stereocenters. The van der Waals surface area contributed by atoms with Crippen molar-refractivity contribution in [2.45, 2.75) is 31.3 Å². The second-order valence-corrected chi connectivity index (χ2v) is 8.38. The minimum atomic E-state index is -3.01. The van der Waals surface area contributed by atoms with E-state index >= 15 is 0 Å². The minimum absolute atomic E-state index is 0.0788. The molecule has 0 spiro atoms. The molecule has 1 aliphatic carbocycles. The van der Waals surface area contributed by atoms with Crippen LogP contribution in [-0.4, -0.2) is 42.8 Å². The summed E-state index contributed by atoms with van der Waals surface area (Å²) in [4.78, 5) is 14.6. The summed E-state index contributed by atoms with van der Waals surface area (Å²) in [6.07, 6.45) is 2.43. The molecule has 1 aromatic heterocycles. The van der Waals surface area contributed by atoms with E-state index in [0.29, 0.717) is 17.8 Å². The number of furan rings is 1. The molecule has 1 saturated carbocycles. The molecule has 0 bridgehead atoms. The van der Waals surface area contributed by atoms with E-state index in [0.717, 1.165) is 18.2 Å². The molecule has 0 N–H and O–H groups in total. The van der Waals surface area contributed by atoms with E-state index in [4.69, 9.17) is 4.42 Å². The summed E-state index contributed by atoms with van der Waals surface area (Å²) in [6.45, 7) is 0. The molecule has 116 valence electrons. The summed E-state index contributed by atoms with van der Waals surface area (Å²) < 4.78 is 29.1. The summed E-state index contributed by atoms with van der Waals surface area (Å²) >= 11 is 0. The monoisotopic (exact) mass is 319 g/mol. The Hall–Kier alpha value is -1.82. The fourth-order valence-electron chi connectivity index (χ4n) is 3.19. The highest BCUT2D eigenvalue weighted by Crippen LogP contribution is 2.34. The second kappa shape index (κ2) is 4.84. The average molecular weight is 319 g/mol. The maximum absolute atomic E-state index is 12.8. The molecule has 2 aliphatic rings. The average Bonchev–Trinajstić information content (AvgIpc) is 3.10. The van der Waals surface area contributed by atoms with E-state index in [-0.39, 0.29) is 29.5 Å². The fraction of sp³-hybridized carbons (Fsp3) is 0.438. The summed E-state index contributed by atoms with van der Waals surface area (Å²) in [7, 11) is -3.01. The largest absolute Gasteiger partial charge is 0.451 e. The molecule has 4 rings (SSSR count). The van der Waals surface area contributed by atoms with Gasteiger partial charge in [0.1, 0.15) is 5.58 Å². The van der Waals surface area contributed by atoms with Crippen molar-refractivity contribution in [1.29, 1.82) is 0 Å². The van der Waals surface area contributed by atoms with Crippen LogP contribution in [0.25, 0.3) is 11.0 Å². The van der Waals surface area contributed by atoms with Crippen LogP contribution in [0.4, 0.5) is 0 Å². The van der Waals surface area contributed by atoms with Gasteiger partial charge in [-0.3, -0.25) is 4.79 Å². The van der Waals surface area contributed by atoms with Crippen LogP contribution in [0.5, 0.6) is 0 Å². The smallest absolute Gasteiger partial charge is 0.290 e. The van der Waals surface area contributed by atoms with Crippen LogP contribution in [-0.2, 0) is 9.84 Å². The Morgan fingerprint density at radius 3 is 2.55 bits per heavy atom. The van der Waals surface area contributed by atoms with Crippen molar-refractivity contribution >= 4 is 26.7 Å². The van der Waals surface area contributed by atoms with Crippen LogP contribution in [0, 0.1) is 0 Å². The Bertz CT molecular complexity index is 802. The van der Waals surface area contributed by atoms with Gasteiger partial charge in [0.05, 0.1) is 11.5 Å². The lowest BCUT2D eigenvalue weighted by Crippen LogP contribution is -2.42. The van der Waals surface area contributed by atoms with Crippen LogP contribution in [0.1, 0.15) is 29.8 Å². The minimum Gasteiger partial charge on any atom is -0.451 e. The number of carbonyl (C=O) groups is 1. The molecule has 5 nitrogen and oxygen atoms in total. The first-order chi connectivity index (χ1) is 10.5. The van der Waals surface area contributed by atoms with Gasteiger partial charge in [-0.15, -0.1) is 0 Å². The van der Waals surface area contributed by atoms with Gasteiger partial charge in [0, 0.05) is 17.5 Å². The van der Waals surface area contributed by atoms with Crippen molar-refractivity contribution in [2.24, 2.45) is 0 Å². The standard InChI is InChI=1S/C16H17NO4S/c18-16(15-9-11-3-1-2-4-14(11)21-15)17(12-5-6-12)13-7-8-22(19,20)10-13/h1-4,9,12-13H,5-8,10H2.